The van der Waals surface area contributed by atoms with Crippen LogP contribution in [-0.4, -0.2) is 29.8 Å². The second-order valence-electron chi connectivity index (χ2n) is 3.07. The van der Waals surface area contributed by atoms with Gasteiger partial charge in [0.2, 0.25) is 0 Å². The van der Waals surface area contributed by atoms with Gasteiger partial charge in [0, 0.05) is 12.6 Å². The average Bonchev–Trinajstić information content (AvgIpc) is 1.99. The van der Waals surface area contributed by atoms with Gasteiger partial charge in [0.25, 0.3) is 0 Å². The van der Waals surface area contributed by atoms with Gasteiger partial charge in [-0.1, -0.05) is 6.92 Å². The molecule has 4 heteroatoms. The number of hydrogen-bond donors (Lipinski definition) is 3. The molecule has 0 fully saturated rings. The first-order valence-corrected chi connectivity index (χ1v) is 4.28. The van der Waals surface area contributed by atoms with E-state index in [1.807, 2.05) is 20.8 Å². The van der Waals surface area contributed by atoms with Crippen molar-refractivity contribution in [2.24, 2.45) is 0 Å². The number of aliphatic hydroxyl groups excluding tert-OH is 1. The molecule has 0 rings (SSSR count). The molecule has 0 aromatic heterocycles. The molecule has 12 heavy (non-hydrogen) atoms. The van der Waals surface area contributed by atoms with E-state index in [2.05, 4.69) is 10.6 Å². The second kappa shape index (κ2) is 5.83. The van der Waals surface area contributed by atoms with Crippen LogP contribution in [0.15, 0.2) is 0 Å². The van der Waals surface area contributed by atoms with E-state index in [0.29, 0.717) is 13.0 Å². The first-order chi connectivity index (χ1) is 5.56. The normalized spacial score (nSPS) is 12.8. The van der Waals surface area contributed by atoms with E-state index in [4.69, 9.17) is 5.11 Å². The number of nitrogens with one attached hydrogen (secondary N) is 2. The molecule has 0 unspecified atom stereocenters. The van der Waals surface area contributed by atoms with Crippen LogP contribution in [0, 0.1) is 0 Å². The van der Waals surface area contributed by atoms with Crippen molar-refractivity contribution in [3.63, 3.8) is 0 Å². The molecule has 0 spiro atoms. The molecule has 0 radical (unpaired) electrons. The first kappa shape index (κ1) is 11.2. The number of rotatable bonds is 4. The van der Waals surface area contributed by atoms with Gasteiger partial charge in [0.05, 0.1) is 6.10 Å². The van der Waals surface area contributed by atoms with Crippen LogP contribution in [0.4, 0.5) is 4.79 Å². The molecule has 0 aromatic rings. The molecule has 1 atom stereocenters. The summed E-state index contributed by atoms with van der Waals surface area (Å²) < 4.78 is 0. The Balaban J connectivity index is 3.44. The fourth-order valence-electron chi connectivity index (χ4n) is 0.668. The van der Waals surface area contributed by atoms with Gasteiger partial charge >= 0.3 is 6.03 Å². The summed E-state index contributed by atoms with van der Waals surface area (Å²) in [5.74, 6) is 0. The van der Waals surface area contributed by atoms with Crippen molar-refractivity contribution in [3.8, 4) is 0 Å². The molecule has 0 bridgehead atoms. The quantitative estimate of drug-likeness (QED) is 0.580. The molecule has 0 aliphatic carbocycles. The third kappa shape index (κ3) is 5.97. The summed E-state index contributed by atoms with van der Waals surface area (Å²) in [4.78, 5) is 10.9. The van der Waals surface area contributed by atoms with E-state index in [1.54, 1.807) is 0 Å². The highest BCUT2D eigenvalue weighted by Gasteiger charge is 2.04. The predicted octanol–water partition coefficient (Wildman–Crippen LogP) is 0.465. The van der Waals surface area contributed by atoms with Gasteiger partial charge in [-0.2, -0.15) is 0 Å². The lowest BCUT2D eigenvalue weighted by atomic mass is 10.3. The lowest BCUT2D eigenvalue weighted by Crippen LogP contribution is -2.42. The van der Waals surface area contributed by atoms with E-state index in [9.17, 15) is 4.79 Å². The van der Waals surface area contributed by atoms with E-state index < -0.39 is 6.10 Å². The molecule has 0 aliphatic heterocycles. The Hall–Kier alpha value is -0.770. The molecule has 0 aromatic carbocycles. The third-order valence-corrected chi connectivity index (χ3v) is 1.39. The van der Waals surface area contributed by atoms with Gasteiger partial charge in [0.1, 0.15) is 0 Å². The number of aliphatic hydroxyl groups is 1. The van der Waals surface area contributed by atoms with Crippen LogP contribution >= 0.6 is 0 Å². The average molecular weight is 174 g/mol. The maximum atomic E-state index is 10.9. The van der Waals surface area contributed by atoms with Crippen LogP contribution in [0.5, 0.6) is 0 Å². The highest BCUT2D eigenvalue weighted by molar-refractivity contribution is 5.74. The Bertz CT molecular complexity index is 137. The monoisotopic (exact) mass is 174 g/mol. The van der Waals surface area contributed by atoms with Crippen molar-refractivity contribution in [1.82, 2.24) is 10.6 Å². The van der Waals surface area contributed by atoms with E-state index >= 15 is 0 Å². The van der Waals surface area contributed by atoms with E-state index in [-0.39, 0.29) is 12.1 Å². The molecule has 0 aliphatic rings. The minimum Gasteiger partial charge on any atom is -0.391 e. The number of carbonyl (C=O) groups is 1. The Kier molecular flexibility index (Phi) is 5.45. The Morgan fingerprint density at radius 2 is 2.08 bits per heavy atom. The maximum Gasteiger partial charge on any atom is 0.315 e. The van der Waals surface area contributed by atoms with Crippen molar-refractivity contribution >= 4 is 6.03 Å². The predicted molar refractivity (Wildman–Crippen MR) is 48.0 cm³/mol. The SMILES string of the molecule is CC[C@H](O)CNC(=O)NC(C)C. The number of urea groups is 1. The molecule has 0 saturated heterocycles. The zero-order valence-corrected chi connectivity index (χ0v) is 7.92. The van der Waals surface area contributed by atoms with Crippen LogP contribution < -0.4 is 10.6 Å². The molecule has 72 valence electrons. The Morgan fingerprint density at radius 3 is 2.50 bits per heavy atom. The summed E-state index contributed by atoms with van der Waals surface area (Å²) in [5, 5.41) is 14.3. The first-order valence-electron chi connectivity index (χ1n) is 4.28. The molecule has 2 amide bonds. The molecule has 4 nitrogen and oxygen atoms in total. The fourth-order valence-corrected chi connectivity index (χ4v) is 0.668. The van der Waals surface area contributed by atoms with Crippen LogP contribution in [0.25, 0.3) is 0 Å². The zero-order chi connectivity index (χ0) is 9.56. The van der Waals surface area contributed by atoms with Gasteiger partial charge in [-0.25, -0.2) is 4.79 Å². The topological polar surface area (TPSA) is 61.4 Å². The van der Waals surface area contributed by atoms with Crippen molar-refractivity contribution in [1.29, 1.82) is 0 Å². The Labute approximate surface area is 73.3 Å². The number of amides is 2. The van der Waals surface area contributed by atoms with Crippen LogP contribution in [0.1, 0.15) is 27.2 Å². The summed E-state index contributed by atoms with van der Waals surface area (Å²) >= 11 is 0. The summed E-state index contributed by atoms with van der Waals surface area (Å²) in [6.45, 7) is 5.95. The van der Waals surface area contributed by atoms with Crippen molar-refractivity contribution in [2.75, 3.05) is 6.54 Å². The fraction of sp³-hybridized carbons (Fsp3) is 0.875. The highest BCUT2D eigenvalue weighted by atomic mass is 16.3. The van der Waals surface area contributed by atoms with Crippen molar-refractivity contribution in [2.45, 2.75) is 39.3 Å². The largest absolute Gasteiger partial charge is 0.391 e. The smallest absolute Gasteiger partial charge is 0.315 e. The van der Waals surface area contributed by atoms with Crippen LogP contribution in [-0.2, 0) is 0 Å². The number of carbonyl (C=O) groups excluding carboxylic acids is 1. The minimum atomic E-state index is -0.442. The van der Waals surface area contributed by atoms with Crippen LogP contribution in [0.2, 0.25) is 0 Å². The summed E-state index contributed by atoms with van der Waals surface area (Å²) in [5.41, 5.74) is 0. The van der Waals surface area contributed by atoms with Gasteiger partial charge in [-0.3, -0.25) is 0 Å². The van der Waals surface area contributed by atoms with Gasteiger partial charge in [-0.15, -0.1) is 0 Å². The molecule has 0 saturated carbocycles. The standard InChI is InChI=1S/C8H18N2O2/c1-4-7(11)5-9-8(12)10-6(2)3/h6-7,11H,4-5H2,1-3H3,(H2,9,10,12)/t7-/m0/s1. The summed E-state index contributed by atoms with van der Waals surface area (Å²) in [6.07, 6.45) is 0.213. The maximum absolute atomic E-state index is 10.9. The van der Waals surface area contributed by atoms with Gasteiger partial charge in [0.15, 0.2) is 0 Å². The van der Waals surface area contributed by atoms with Crippen molar-refractivity contribution < 1.29 is 9.90 Å². The van der Waals surface area contributed by atoms with Crippen LogP contribution in [0.3, 0.4) is 0 Å². The van der Waals surface area contributed by atoms with Crippen molar-refractivity contribution in [3.05, 3.63) is 0 Å². The second-order valence-corrected chi connectivity index (χ2v) is 3.07. The summed E-state index contributed by atoms with van der Waals surface area (Å²) in [6, 6.07) is -0.0960. The third-order valence-electron chi connectivity index (χ3n) is 1.39. The Morgan fingerprint density at radius 1 is 1.50 bits per heavy atom. The molecule has 0 heterocycles. The lowest BCUT2D eigenvalue weighted by molar-refractivity contribution is 0.166. The minimum absolute atomic E-state index is 0.128. The van der Waals surface area contributed by atoms with Gasteiger partial charge in [-0.05, 0) is 20.3 Å². The molecular formula is C8H18N2O2. The molecule has 3 N–H and O–H groups in total. The zero-order valence-electron chi connectivity index (χ0n) is 7.92. The molecular weight excluding hydrogens is 156 g/mol. The lowest BCUT2D eigenvalue weighted by Gasteiger charge is -2.12. The number of hydrogen-bond acceptors (Lipinski definition) is 2. The van der Waals surface area contributed by atoms with Gasteiger partial charge < -0.3 is 15.7 Å². The van der Waals surface area contributed by atoms with E-state index in [1.165, 1.54) is 0 Å². The summed E-state index contributed by atoms with van der Waals surface area (Å²) in [7, 11) is 0. The highest BCUT2D eigenvalue weighted by Crippen LogP contribution is 1.86. The van der Waals surface area contributed by atoms with E-state index in [0.717, 1.165) is 0 Å².